The highest BCUT2D eigenvalue weighted by Gasteiger charge is 2.07. The summed E-state index contributed by atoms with van der Waals surface area (Å²) in [7, 11) is 0. The number of ether oxygens (including phenoxy) is 1. The van der Waals surface area contributed by atoms with Gasteiger partial charge in [-0.2, -0.15) is 0 Å². The van der Waals surface area contributed by atoms with E-state index in [2.05, 4.69) is 29.5 Å². The number of rotatable bonds is 10. The van der Waals surface area contributed by atoms with Gasteiger partial charge in [-0.05, 0) is 18.9 Å². The van der Waals surface area contributed by atoms with E-state index >= 15 is 0 Å². The summed E-state index contributed by atoms with van der Waals surface area (Å²) in [5.74, 6) is -0.481. The third-order valence-corrected chi connectivity index (χ3v) is 2.37. The number of carbonyl (C=O) groups is 1. The number of hydrogen-bond acceptors (Lipinski definition) is 5. The van der Waals surface area contributed by atoms with Crippen molar-refractivity contribution < 1.29 is 14.6 Å². The minimum Gasteiger partial charge on any atom is -0.476 e. The van der Waals surface area contributed by atoms with Crippen molar-refractivity contribution in [2.24, 2.45) is 5.92 Å². The van der Waals surface area contributed by atoms with Gasteiger partial charge in [0.1, 0.15) is 0 Å². The van der Waals surface area contributed by atoms with Crippen LogP contribution in [0.5, 0.6) is 0 Å². The molecule has 0 aliphatic carbocycles. The molecule has 0 saturated carbocycles. The van der Waals surface area contributed by atoms with Gasteiger partial charge in [0.2, 0.25) is 0 Å². The Kier molecular flexibility index (Phi) is 7.06. The second-order valence-electron chi connectivity index (χ2n) is 4.74. The van der Waals surface area contributed by atoms with Crippen LogP contribution in [0.25, 0.3) is 0 Å². The van der Waals surface area contributed by atoms with E-state index in [9.17, 15) is 4.79 Å². The molecule has 0 aromatic carbocycles. The molecule has 1 heterocycles. The Morgan fingerprint density at radius 2 is 2.32 bits per heavy atom. The van der Waals surface area contributed by atoms with Gasteiger partial charge in [0.15, 0.2) is 5.69 Å². The summed E-state index contributed by atoms with van der Waals surface area (Å²) in [6.45, 7) is 8.02. The average Bonchev–Trinajstić information content (AvgIpc) is 2.81. The fourth-order valence-corrected chi connectivity index (χ4v) is 1.44. The molecule has 1 aromatic rings. The summed E-state index contributed by atoms with van der Waals surface area (Å²) in [6.07, 6.45) is 2.39. The molecule has 0 bridgehead atoms. The van der Waals surface area contributed by atoms with Crippen LogP contribution in [-0.2, 0) is 11.3 Å². The average molecular weight is 270 g/mol. The van der Waals surface area contributed by atoms with Crippen LogP contribution in [0.4, 0.5) is 0 Å². The van der Waals surface area contributed by atoms with E-state index < -0.39 is 5.97 Å². The second kappa shape index (κ2) is 8.60. The highest BCUT2D eigenvalue weighted by atomic mass is 16.5. The van der Waals surface area contributed by atoms with Crippen molar-refractivity contribution in [3.63, 3.8) is 0 Å². The maximum absolute atomic E-state index is 10.6. The molecule has 0 radical (unpaired) electrons. The zero-order valence-corrected chi connectivity index (χ0v) is 11.5. The molecule has 2 N–H and O–H groups in total. The summed E-state index contributed by atoms with van der Waals surface area (Å²) >= 11 is 0. The van der Waals surface area contributed by atoms with Crippen LogP contribution < -0.4 is 5.32 Å². The maximum atomic E-state index is 10.6. The summed E-state index contributed by atoms with van der Waals surface area (Å²) in [4.78, 5) is 10.6. The molecular weight excluding hydrogens is 248 g/mol. The van der Waals surface area contributed by atoms with Crippen LogP contribution in [0, 0.1) is 5.92 Å². The van der Waals surface area contributed by atoms with Gasteiger partial charge >= 0.3 is 5.97 Å². The monoisotopic (exact) mass is 270 g/mol. The molecule has 0 spiro atoms. The molecule has 108 valence electrons. The lowest BCUT2D eigenvalue weighted by molar-refractivity contribution is 0.0690. The van der Waals surface area contributed by atoms with Crippen LogP contribution in [-0.4, -0.2) is 52.4 Å². The van der Waals surface area contributed by atoms with Crippen molar-refractivity contribution in [1.29, 1.82) is 0 Å². The number of nitrogens with zero attached hydrogens (tertiary/aromatic N) is 3. The summed E-state index contributed by atoms with van der Waals surface area (Å²) in [6, 6.07) is 0. The number of aromatic nitrogens is 3. The Hall–Kier alpha value is -1.47. The van der Waals surface area contributed by atoms with E-state index in [-0.39, 0.29) is 5.69 Å². The number of hydrogen-bond donors (Lipinski definition) is 2. The van der Waals surface area contributed by atoms with Gasteiger partial charge in [0.05, 0.1) is 12.7 Å². The van der Waals surface area contributed by atoms with Gasteiger partial charge in [0, 0.05) is 19.8 Å². The van der Waals surface area contributed by atoms with Crippen LogP contribution in [0.2, 0.25) is 0 Å². The van der Waals surface area contributed by atoms with Gasteiger partial charge in [-0.3, -0.25) is 4.68 Å². The zero-order chi connectivity index (χ0) is 14.1. The molecule has 1 rings (SSSR count). The quantitative estimate of drug-likeness (QED) is 0.606. The fraction of sp³-hybridized carbons (Fsp3) is 0.750. The van der Waals surface area contributed by atoms with E-state index in [0.717, 1.165) is 32.7 Å². The molecule has 0 saturated heterocycles. The highest BCUT2D eigenvalue weighted by molar-refractivity contribution is 5.84. The van der Waals surface area contributed by atoms with Crippen LogP contribution in [0.15, 0.2) is 6.20 Å². The first-order valence-corrected chi connectivity index (χ1v) is 6.51. The molecule has 0 amide bonds. The number of nitrogens with one attached hydrogen (secondary N) is 1. The summed E-state index contributed by atoms with van der Waals surface area (Å²) in [5, 5.41) is 19.2. The SMILES string of the molecule is CC(C)COCCCNCCn1cc(C(=O)O)nn1. The predicted molar refractivity (Wildman–Crippen MR) is 70.1 cm³/mol. The van der Waals surface area contributed by atoms with Crippen molar-refractivity contribution in [1.82, 2.24) is 20.3 Å². The Morgan fingerprint density at radius 3 is 2.95 bits per heavy atom. The van der Waals surface area contributed by atoms with E-state index in [1.165, 1.54) is 10.9 Å². The predicted octanol–water partition coefficient (Wildman–Crippen LogP) is 0.629. The molecular formula is C12H22N4O3. The highest BCUT2D eigenvalue weighted by Crippen LogP contribution is 1.93. The summed E-state index contributed by atoms with van der Waals surface area (Å²) in [5.41, 5.74) is -0.0258. The van der Waals surface area contributed by atoms with Crippen LogP contribution in [0.1, 0.15) is 30.8 Å². The first-order chi connectivity index (χ1) is 9.09. The minimum atomic E-state index is -1.05. The van der Waals surface area contributed by atoms with Crippen molar-refractivity contribution in [2.75, 3.05) is 26.3 Å². The van der Waals surface area contributed by atoms with Crippen molar-refractivity contribution in [3.8, 4) is 0 Å². The molecule has 0 unspecified atom stereocenters. The maximum Gasteiger partial charge on any atom is 0.358 e. The lowest BCUT2D eigenvalue weighted by Crippen LogP contribution is -2.22. The van der Waals surface area contributed by atoms with E-state index in [1.807, 2.05) is 0 Å². The molecule has 0 atom stereocenters. The van der Waals surface area contributed by atoms with Gasteiger partial charge in [-0.25, -0.2) is 4.79 Å². The third-order valence-electron chi connectivity index (χ3n) is 2.37. The topological polar surface area (TPSA) is 89.3 Å². The number of carboxylic acids is 1. The van der Waals surface area contributed by atoms with Crippen molar-refractivity contribution in [2.45, 2.75) is 26.8 Å². The van der Waals surface area contributed by atoms with E-state index in [1.54, 1.807) is 0 Å². The van der Waals surface area contributed by atoms with Gasteiger partial charge in [-0.1, -0.05) is 19.1 Å². The Bertz CT molecular complexity index is 379. The van der Waals surface area contributed by atoms with E-state index in [0.29, 0.717) is 12.5 Å². The minimum absolute atomic E-state index is 0.0258. The lowest BCUT2D eigenvalue weighted by atomic mass is 10.2. The largest absolute Gasteiger partial charge is 0.476 e. The Labute approximate surface area is 112 Å². The molecule has 7 heteroatoms. The number of aromatic carboxylic acids is 1. The van der Waals surface area contributed by atoms with Gasteiger partial charge in [0.25, 0.3) is 0 Å². The third kappa shape index (κ3) is 6.88. The Morgan fingerprint density at radius 1 is 1.53 bits per heavy atom. The van der Waals surface area contributed by atoms with Crippen molar-refractivity contribution >= 4 is 5.97 Å². The molecule has 0 aliphatic rings. The molecule has 0 aliphatic heterocycles. The van der Waals surface area contributed by atoms with Gasteiger partial charge in [-0.15, -0.1) is 5.10 Å². The molecule has 0 fully saturated rings. The lowest BCUT2D eigenvalue weighted by Gasteiger charge is -2.07. The first-order valence-electron chi connectivity index (χ1n) is 6.51. The standard InChI is InChI=1S/C12H22N4O3/c1-10(2)9-19-7-3-4-13-5-6-16-8-11(12(17)18)14-15-16/h8,10,13H,3-7,9H2,1-2H3,(H,17,18). The smallest absolute Gasteiger partial charge is 0.358 e. The van der Waals surface area contributed by atoms with Gasteiger partial charge < -0.3 is 15.2 Å². The first kappa shape index (κ1) is 15.6. The molecule has 19 heavy (non-hydrogen) atoms. The molecule has 1 aromatic heterocycles. The Balaban J connectivity index is 2.00. The number of carboxylic acid groups (broad SMARTS) is 1. The second-order valence-corrected chi connectivity index (χ2v) is 4.74. The zero-order valence-electron chi connectivity index (χ0n) is 11.5. The normalized spacial score (nSPS) is 11.1. The van der Waals surface area contributed by atoms with Crippen LogP contribution in [0.3, 0.4) is 0 Å². The summed E-state index contributed by atoms with van der Waals surface area (Å²) < 4.78 is 6.98. The van der Waals surface area contributed by atoms with E-state index in [4.69, 9.17) is 9.84 Å². The fourth-order valence-electron chi connectivity index (χ4n) is 1.44. The van der Waals surface area contributed by atoms with Crippen LogP contribution >= 0.6 is 0 Å². The van der Waals surface area contributed by atoms with Crippen molar-refractivity contribution in [3.05, 3.63) is 11.9 Å². The molecule has 7 nitrogen and oxygen atoms in total.